The lowest BCUT2D eigenvalue weighted by atomic mass is 10.1. The molecule has 0 aliphatic rings. The topological polar surface area (TPSA) is 90.7 Å². The van der Waals surface area contributed by atoms with Crippen LogP contribution in [0.2, 0.25) is 0 Å². The highest BCUT2D eigenvalue weighted by Crippen LogP contribution is 2.24. The molecule has 0 aliphatic carbocycles. The summed E-state index contributed by atoms with van der Waals surface area (Å²) < 4.78 is 10.9. The van der Waals surface area contributed by atoms with Gasteiger partial charge in [-0.2, -0.15) is 0 Å². The van der Waals surface area contributed by atoms with E-state index in [1.807, 2.05) is 54.6 Å². The van der Waals surface area contributed by atoms with Gasteiger partial charge in [-0.3, -0.25) is 14.9 Å². The second kappa shape index (κ2) is 10.1. The maximum atomic E-state index is 12.4. The number of carbonyl (C=O) groups is 1. The number of benzene rings is 3. The van der Waals surface area contributed by atoms with Gasteiger partial charge in [0, 0.05) is 18.7 Å². The molecule has 3 aromatic rings. The summed E-state index contributed by atoms with van der Waals surface area (Å²) >= 11 is 0. The molecule has 30 heavy (non-hydrogen) atoms. The first-order chi connectivity index (χ1) is 14.6. The maximum absolute atomic E-state index is 12.4. The summed E-state index contributed by atoms with van der Waals surface area (Å²) in [4.78, 5) is 22.8. The smallest absolute Gasteiger partial charge is 0.270 e. The molecule has 0 atom stereocenters. The van der Waals surface area contributed by atoms with Crippen molar-refractivity contribution >= 4 is 11.6 Å². The second-order valence-corrected chi connectivity index (χ2v) is 6.57. The maximum Gasteiger partial charge on any atom is 0.270 e. The molecule has 7 nitrogen and oxygen atoms in total. The molecule has 0 aromatic heterocycles. The van der Waals surface area contributed by atoms with Gasteiger partial charge in [0.05, 0.1) is 17.6 Å². The van der Waals surface area contributed by atoms with Crippen LogP contribution in [-0.2, 0) is 13.0 Å². The van der Waals surface area contributed by atoms with Crippen molar-refractivity contribution in [2.75, 3.05) is 13.7 Å². The number of nitrogens with one attached hydrogen (secondary N) is 1. The quantitative estimate of drug-likeness (QED) is 0.426. The fourth-order valence-electron chi connectivity index (χ4n) is 2.90. The van der Waals surface area contributed by atoms with Crippen LogP contribution in [-0.4, -0.2) is 24.5 Å². The summed E-state index contributed by atoms with van der Waals surface area (Å²) in [6.45, 7) is 0.885. The van der Waals surface area contributed by atoms with Crippen molar-refractivity contribution in [3.8, 4) is 11.5 Å². The molecule has 0 radical (unpaired) electrons. The number of hydrogen-bond acceptors (Lipinski definition) is 5. The summed E-state index contributed by atoms with van der Waals surface area (Å²) in [6, 6.07) is 21.5. The molecule has 0 spiro atoms. The highest BCUT2D eigenvalue weighted by atomic mass is 16.6. The van der Waals surface area contributed by atoms with Crippen molar-refractivity contribution in [3.05, 3.63) is 99.6 Å². The molecule has 0 unspecified atom stereocenters. The third kappa shape index (κ3) is 5.57. The highest BCUT2D eigenvalue weighted by molar-refractivity contribution is 5.97. The molecule has 0 fully saturated rings. The number of amides is 1. The van der Waals surface area contributed by atoms with Crippen molar-refractivity contribution in [3.63, 3.8) is 0 Å². The number of ether oxygens (including phenoxy) is 2. The highest BCUT2D eigenvalue weighted by Gasteiger charge is 2.17. The lowest BCUT2D eigenvalue weighted by Gasteiger charge is -2.10. The fraction of sp³-hybridized carbons (Fsp3) is 0.174. The summed E-state index contributed by atoms with van der Waals surface area (Å²) in [5.41, 5.74) is 2.11. The van der Waals surface area contributed by atoms with Gasteiger partial charge in [-0.1, -0.05) is 42.5 Å². The third-order valence-electron chi connectivity index (χ3n) is 4.51. The zero-order chi connectivity index (χ0) is 21.3. The summed E-state index contributed by atoms with van der Waals surface area (Å²) in [5, 5.41) is 13.7. The van der Waals surface area contributed by atoms with Gasteiger partial charge in [0.25, 0.3) is 11.6 Å². The minimum atomic E-state index is -0.544. The number of nitrogens with zero attached hydrogens (tertiary/aromatic N) is 1. The molecule has 1 N–H and O–H groups in total. The number of carbonyl (C=O) groups excluding carboxylic acids is 1. The van der Waals surface area contributed by atoms with E-state index in [0.717, 1.165) is 16.9 Å². The van der Waals surface area contributed by atoms with Crippen LogP contribution in [0, 0.1) is 10.1 Å². The van der Waals surface area contributed by atoms with Crippen LogP contribution in [0.1, 0.15) is 21.5 Å². The number of nitro groups is 1. The Balaban J connectivity index is 1.52. The Hall–Kier alpha value is -3.87. The molecular formula is C23H22N2O5. The SMILES string of the molecule is COc1ccc([N+](=O)[O-])cc1C(=O)NCCc1ccc(OCc2ccccc2)cc1. The molecule has 0 saturated heterocycles. The lowest BCUT2D eigenvalue weighted by Crippen LogP contribution is -2.26. The van der Waals surface area contributed by atoms with E-state index in [1.165, 1.54) is 25.3 Å². The molecule has 0 heterocycles. The van der Waals surface area contributed by atoms with Gasteiger partial charge in [-0.05, 0) is 35.7 Å². The van der Waals surface area contributed by atoms with Crippen LogP contribution in [0.15, 0.2) is 72.8 Å². The Morgan fingerprint density at radius 1 is 1.00 bits per heavy atom. The van der Waals surface area contributed by atoms with Crippen molar-refractivity contribution in [1.82, 2.24) is 5.32 Å². The Labute approximate surface area is 174 Å². The van der Waals surface area contributed by atoms with Crippen molar-refractivity contribution in [1.29, 1.82) is 0 Å². The van der Waals surface area contributed by atoms with Gasteiger partial charge in [0.1, 0.15) is 18.1 Å². The molecular weight excluding hydrogens is 384 g/mol. The molecule has 0 aliphatic heterocycles. The van der Waals surface area contributed by atoms with Gasteiger partial charge in [0.2, 0.25) is 0 Å². The number of nitro benzene ring substituents is 1. The largest absolute Gasteiger partial charge is 0.496 e. The average molecular weight is 406 g/mol. The predicted octanol–water partition coefficient (Wildman–Crippen LogP) is 4.15. The number of methoxy groups -OCH3 is 1. The summed E-state index contributed by atoms with van der Waals surface area (Å²) in [7, 11) is 1.42. The molecule has 3 aromatic carbocycles. The van der Waals surface area contributed by atoms with Gasteiger partial charge >= 0.3 is 0 Å². The van der Waals surface area contributed by atoms with Crippen LogP contribution >= 0.6 is 0 Å². The predicted molar refractivity (Wildman–Crippen MR) is 113 cm³/mol. The minimum absolute atomic E-state index is 0.136. The molecule has 3 rings (SSSR count). The molecule has 0 bridgehead atoms. The standard InChI is InChI=1S/C23H22N2O5/c1-29-22-12-9-19(25(27)28)15-21(22)23(26)24-14-13-17-7-10-20(11-8-17)30-16-18-5-3-2-4-6-18/h2-12,15H,13-14,16H2,1H3,(H,24,26). The first kappa shape index (κ1) is 20.9. The Morgan fingerprint density at radius 3 is 2.40 bits per heavy atom. The zero-order valence-corrected chi connectivity index (χ0v) is 16.5. The Morgan fingerprint density at radius 2 is 1.73 bits per heavy atom. The van der Waals surface area contributed by atoms with Crippen LogP contribution in [0.25, 0.3) is 0 Å². The number of rotatable bonds is 9. The lowest BCUT2D eigenvalue weighted by molar-refractivity contribution is -0.384. The molecule has 1 amide bonds. The first-order valence-electron chi connectivity index (χ1n) is 9.43. The Kier molecular flexibility index (Phi) is 7.00. The van der Waals surface area contributed by atoms with Crippen LogP contribution in [0.4, 0.5) is 5.69 Å². The van der Waals surface area contributed by atoms with E-state index in [1.54, 1.807) is 0 Å². The van der Waals surface area contributed by atoms with Crippen molar-refractivity contribution in [2.24, 2.45) is 0 Å². The Bertz CT molecular complexity index is 1000. The minimum Gasteiger partial charge on any atom is -0.496 e. The summed E-state index contributed by atoms with van der Waals surface area (Å²) in [5.74, 6) is 0.643. The third-order valence-corrected chi connectivity index (χ3v) is 4.51. The van der Waals surface area contributed by atoms with Gasteiger partial charge < -0.3 is 14.8 Å². The van der Waals surface area contributed by atoms with E-state index in [0.29, 0.717) is 19.6 Å². The van der Waals surface area contributed by atoms with E-state index in [2.05, 4.69) is 5.32 Å². The molecule has 0 saturated carbocycles. The number of non-ortho nitro benzene ring substituents is 1. The van der Waals surface area contributed by atoms with Gasteiger partial charge in [0.15, 0.2) is 0 Å². The van der Waals surface area contributed by atoms with E-state index >= 15 is 0 Å². The normalized spacial score (nSPS) is 10.3. The van der Waals surface area contributed by atoms with Crippen LogP contribution < -0.4 is 14.8 Å². The monoisotopic (exact) mass is 406 g/mol. The number of hydrogen-bond donors (Lipinski definition) is 1. The van der Waals surface area contributed by atoms with E-state index in [9.17, 15) is 14.9 Å². The average Bonchev–Trinajstić information content (AvgIpc) is 2.78. The van der Waals surface area contributed by atoms with Crippen LogP contribution in [0.5, 0.6) is 11.5 Å². The van der Waals surface area contributed by atoms with Crippen LogP contribution in [0.3, 0.4) is 0 Å². The summed E-state index contributed by atoms with van der Waals surface area (Å²) in [6.07, 6.45) is 0.613. The van der Waals surface area contributed by atoms with Gasteiger partial charge in [-0.25, -0.2) is 0 Å². The van der Waals surface area contributed by atoms with E-state index in [-0.39, 0.29) is 17.0 Å². The zero-order valence-electron chi connectivity index (χ0n) is 16.5. The fourth-order valence-corrected chi connectivity index (χ4v) is 2.90. The first-order valence-corrected chi connectivity index (χ1v) is 9.43. The van der Waals surface area contributed by atoms with E-state index < -0.39 is 10.8 Å². The van der Waals surface area contributed by atoms with Crippen molar-refractivity contribution < 1.29 is 19.2 Å². The van der Waals surface area contributed by atoms with E-state index in [4.69, 9.17) is 9.47 Å². The molecule has 7 heteroatoms. The van der Waals surface area contributed by atoms with Crippen molar-refractivity contribution in [2.45, 2.75) is 13.0 Å². The van der Waals surface area contributed by atoms with Gasteiger partial charge in [-0.15, -0.1) is 0 Å². The molecule has 154 valence electrons. The second-order valence-electron chi connectivity index (χ2n) is 6.57.